The fraction of sp³-hybridized carbons (Fsp3) is 0.280. The molecule has 0 unspecified atom stereocenters. The molecule has 4 nitrogen and oxygen atoms in total. The Morgan fingerprint density at radius 1 is 0.966 bits per heavy atom. The highest BCUT2D eigenvalue weighted by atomic mass is 16.2. The second kappa shape index (κ2) is 7.70. The van der Waals surface area contributed by atoms with Gasteiger partial charge in [-0.3, -0.25) is 4.79 Å². The van der Waals surface area contributed by atoms with Crippen LogP contribution >= 0.6 is 0 Å². The van der Waals surface area contributed by atoms with Crippen LogP contribution in [-0.4, -0.2) is 22.0 Å². The molecule has 0 saturated carbocycles. The molecule has 1 heterocycles. The first kappa shape index (κ1) is 19.2. The maximum absolute atomic E-state index is 12.2. The van der Waals surface area contributed by atoms with E-state index in [-0.39, 0.29) is 11.3 Å². The molecular formula is C25H27N3O. The summed E-state index contributed by atoms with van der Waals surface area (Å²) in [6.07, 6.45) is 0.696. The Labute approximate surface area is 171 Å². The molecule has 0 aliphatic heterocycles. The van der Waals surface area contributed by atoms with Crippen LogP contribution in [0, 0.1) is 5.41 Å². The van der Waals surface area contributed by atoms with Crippen LogP contribution in [0.3, 0.4) is 0 Å². The van der Waals surface area contributed by atoms with Crippen molar-refractivity contribution in [2.45, 2.75) is 33.7 Å². The SMILES string of the molecule is CC(C)(C)C(=O)NCCc1nc2ccccc2n1Cc1cccc2ccccc12. The van der Waals surface area contributed by atoms with Gasteiger partial charge in [-0.1, -0.05) is 75.4 Å². The molecule has 0 spiro atoms. The Hall–Kier alpha value is -3.14. The zero-order valence-electron chi connectivity index (χ0n) is 17.3. The summed E-state index contributed by atoms with van der Waals surface area (Å²) in [6.45, 7) is 7.12. The Morgan fingerprint density at radius 2 is 1.69 bits per heavy atom. The Balaban J connectivity index is 1.66. The summed E-state index contributed by atoms with van der Waals surface area (Å²) in [4.78, 5) is 17.1. The van der Waals surface area contributed by atoms with E-state index in [2.05, 4.69) is 64.5 Å². The second-order valence-electron chi connectivity index (χ2n) is 8.50. The van der Waals surface area contributed by atoms with Crippen molar-refractivity contribution in [1.29, 1.82) is 0 Å². The molecule has 0 fully saturated rings. The average Bonchev–Trinajstić information content (AvgIpc) is 3.05. The molecule has 1 amide bonds. The highest BCUT2D eigenvalue weighted by Crippen LogP contribution is 2.23. The fourth-order valence-electron chi connectivity index (χ4n) is 3.65. The van der Waals surface area contributed by atoms with Gasteiger partial charge in [0.25, 0.3) is 0 Å². The van der Waals surface area contributed by atoms with Gasteiger partial charge in [0.05, 0.1) is 11.0 Å². The Morgan fingerprint density at radius 3 is 2.52 bits per heavy atom. The number of rotatable bonds is 5. The van der Waals surface area contributed by atoms with Crippen LogP contribution in [0.2, 0.25) is 0 Å². The van der Waals surface area contributed by atoms with Gasteiger partial charge >= 0.3 is 0 Å². The number of amides is 1. The molecular weight excluding hydrogens is 358 g/mol. The van der Waals surface area contributed by atoms with E-state index in [9.17, 15) is 4.79 Å². The van der Waals surface area contributed by atoms with Crippen molar-refractivity contribution < 1.29 is 4.79 Å². The third-order valence-electron chi connectivity index (χ3n) is 5.26. The minimum atomic E-state index is -0.386. The summed E-state index contributed by atoms with van der Waals surface area (Å²) >= 11 is 0. The van der Waals surface area contributed by atoms with E-state index in [0.717, 1.165) is 23.4 Å². The largest absolute Gasteiger partial charge is 0.355 e. The maximum Gasteiger partial charge on any atom is 0.225 e. The molecule has 3 aromatic carbocycles. The minimum absolute atomic E-state index is 0.0641. The second-order valence-corrected chi connectivity index (χ2v) is 8.50. The van der Waals surface area contributed by atoms with Gasteiger partial charge in [0.1, 0.15) is 5.82 Å². The monoisotopic (exact) mass is 385 g/mol. The fourth-order valence-corrected chi connectivity index (χ4v) is 3.65. The Kier molecular flexibility index (Phi) is 5.10. The predicted octanol–water partition coefficient (Wildman–Crippen LogP) is 4.94. The quantitative estimate of drug-likeness (QED) is 0.529. The smallest absolute Gasteiger partial charge is 0.225 e. The number of imidazole rings is 1. The lowest BCUT2D eigenvalue weighted by Crippen LogP contribution is -2.36. The summed E-state index contributed by atoms with van der Waals surface area (Å²) < 4.78 is 2.28. The molecule has 4 heteroatoms. The lowest BCUT2D eigenvalue weighted by atomic mass is 9.96. The van der Waals surface area contributed by atoms with Gasteiger partial charge in [-0.25, -0.2) is 4.98 Å². The molecule has 0 atom stereocenters. The zero-order chi connectivity index (χ0) is 20.4. The third kappa shape index (κ3) is 4.02. The van der Waals surface area contributed by atoms with Crippen molar-refractivity contribution in [2.24, 2.45) is 5.41 Å². The number of hydrogen-bond donors (Lipinski definition) is 1. The first-order chi connectivity index (χ1) is 13.9. The highest BCUT2D eigenvalue weighted by Gasteiger charge is 2.21. The van der Waals surface area contributed by atoms with Crippen molar-refractivity contribution in [3.8, 4) is 0 Å². The van der Waals surface area contributed by atoms with Crippen molar-refractivity contribution in [3.05, 3.63) is 78.1 Å². The van der Waals surface area contributed by atoms with Crippen LogP contribution in [0.25, 0.3) is 21.8 Å². The van der Waals surface area contributed by atoms with Crippen molar-refractivity contribution in [2.75, 3.05) is 6.54 Å². The summed E-state index contributed by atoms with van der Waals surface area (Å²) in [5, 5.41) is 5.55. The van der Waals surface area contributed by atoms with E-state index < -0.39 is 0 Å². The van der Waals surface area contributed by atoms with Crippen LogP contribution in [0.4, 0.5) is 0 Å². The molecule has 0 saturated heterocycles. The minimum Gasteiger partial charge on any atom is -0.355 e. The predicted molar refractivity (Wildman–Crippen MR) is 119 cm³/mol. The molecule has 4 rings (SSSR count). The third-order valence-corrected chi connectivity index (χ3v) is 5.26. The molecule has 0 aliphatic carbocycles. The lowest BCUT2D eigenvalue weighted by molar-refractivity contribution is -0.128. The molecule has 0 radical (unpaired) electrons. The molecule has 148 valence electrons. The normalized spacial score (nSPS) is 11.8. The number of carbonyl (C=O) groups excluding carboxylic acids is 1. The molecule has 29 heavy (non-hydrogen) atoms. The van der Waals surface area contributed by atoms with Gasteiger partial charge in [0, 0.05) is 24.9 Å². The van der Waals surface area contributed by atoms with Gasteiger partial charge in [0.15, 0.2) is 0 Å². The molecule has 1 aromatic heterocycles. The standard InChI is InChI=1S/C25H27N3O/c1-25(2,3)24(29)26-16-15-23-27-21-13-6-7-14-22(21)28(23)17-19-11-8-10-18-9-4-5-12-20(18)19/h4-14H,15-17H2,1-3H3,(H,26,29). The topological polar surface area (TPSA) is 46.9 Å². The molecule has 0 aliphatic rings. The average molecular weight is 386 g/mol. The maximum atomic E-state index is 12.2. The van der Waals surface area contributed by atoms with Gasteiger partial charge < -0.3 is 9.88 Å². The number of carbonyl (C=O) groups is 1. The van der Waals surface area contributed by atoms with E-state index in [0.29, 0.717) is 13.0 Å². The number of benzene rings is 3. The first-order valence-electron chi connectivity index (χ1n) is 10.1. The van der Waals surface area contributed by atoms with E-state index in [1.54, 1.807) is 0 Å². The van der Waals surface area contributed by atoms with Crippen LogP contribution in [0.1, 0.15) is 32.2 Å². The van der Waals surface area contributed by atoms with Crippen molar-refractivity contribution in [3.63, 3.8) is 0 Å². The summed E-state index contributed by atoms with van der Waals surface area (Å²) in [7, 11) is 0. The Bertz CT molecular complexity index is 1160. The van der Waals surface area contributed by atoms with Gasteiger partial charge in [-0.05, 0) is 28.5 Å². The summed E-state index contributed by atoms with van der Waals surface area (Å²) in [5.41, 5.74) is 3.00. The number of nitrogens with zero attached hydrogens (tertiary/aromatic N) is 2. The number of aromatic nitrogens is 2. The van der Waals surface area contributed by atoms with E-state index in [1.807, 2.05) is 32.9 Å². The van der Waals surface area contributed by atoms with Gasteiger partial charge in [-0.15, -0.1) is 0 Å². The highest BCUT2D eigenvalue weighted by molar-refractivity contribution is 5.86. The number of para-hydroxylation sites is 2. The van der Waals surface area contributed by atoms with Gasteiger partial charge in [0.2, 0.25) is 5.91 Å². The van der Waals surface area contributed by atoms with Crippen LogP contribution < -0.4 is 5.32 Å². The number of nitrogens with one attached hydrogen (secondary N) is 1. The van der Waals surface area contributed by atoms with Crippen LogP contribution in [0.5, 0.6) is 0 Å². The van der Waals surface area contributed by atoms with E-state index in [1.165, 1.54) is 16.3 Å². The zero-order valence-corrected chi connectivity index (χ0v) is 17.3. The van der Waals surface area contributed by atoms with Crippen molar-refractivity contribution in [1.82, 2.24) is 14.9 Å². The number of hydrogen-bond acceptors (Lipinski definition) is 2. The van der Waals surface area contributed by atoms with E-state index in [4.69, 9.17) is 4.98 Å². The summed E-state index contributed by atoms with van der Waals surface area (Å²) in [6, 6.07) is 23.1. The first-order valence-corrected chi connectivity index (χ1v) is 10.1. The molecule has 4 aromatic rings. The summed E-state index contributed by atoms with van der Waals surface area (Å²) in [5.74, 6) is 1.06. The molecule has 0 bridgehead atoms. The van der Waals surface area contributed by atoms with Crippen LogP contribution in [-0.2, 0) is 17.8 Å². The van der Waals surface area contributed by atoms with E-state index >= 15 is 0 Å². The van der Waals surface area contributed by atoms with Crippen molar-refractivity contribution >= 4 is 27.7 Å². The lowest BCUT2D eigenvalue weighted by Gasteiger charge is -2.18. The molecule has 1 N–H and O–H groups in total. The van der Waals surface area contributed by atoms with Crippen LogP contribution in [0.15, 0.2) is 66.7 Å². The number of fused-ring (bicyclic) bond motifs is 2. The van der Waals surface area contributed by atoms with Gasteiger partial charge in [-0.2, -0.15) is 0 Å².